The Hall–Kier alpha value is -2.98. The number of rotatable bonds is 4. The summed E-state index contributed by atoms with van der Waals surface area (Å²) < 4.78 is 5.67. The highest BCUT2D eigenvalue weighted by Crippen LogP contribution is 2.29. The van der Waals surface area contributed by atoms with Crippen LogP contribution in [0.4, 0.5) is 0 Å². The Kier molecular flexibility index (Phi) is 4.97. The Morgan fingerprint density at radius 2 is 1.57 bits per heavy atom. The third-order valence-corrected chi connectivity index (χ3v) is 5.24. The van der Waals surface area contributed by atoms with E-state index in [9.17, 15) is 0 Å². The van der Waals surface area contributed by atoms with E-state index < -0.39 is 0 Å². The maximum atomic E-state index is 5.98. The molecule has 28 heavy (non-hydrogen) atoms. The van der Waals surface area contributed by atoms with E-state index >= 15 is 0 Å². The summed E-state index contributed by atoms with van der Waals surface area (Å²) >= 11 is 5.98. The van der Waals surface area contributed by atoms with Gasteiger partial charge in [-0.15, -0.1) is 0 Å². The molecule has 0 aliphatic carbocycles. The van der Waals surface area contributed by atoms with Gasteiger partial charge >= 0.3 is 0 Å². The molecule has 0 radical (unpaired) electrons. The first-order valence-corrected chi connectivity index (χ1v) is 9.49. The second-order valence-electron chi connectivity index (χ2n) is 6.89. The molecule has 0 saturated heterocycles. The van der Waals surface area contributed by atoms with Gasteiger partial charge in [0.15, 0.2) is 0 Å². The fourth-order valence-electron chi connectivity index (χ4n) is 3.32. The summed E-state index contributed by atoms with van der Waals surface area (Å²) in [5.74, 6) is 0.872. The van der Waals surface area contributed by atoms with Crippen LogP contribution in [-0.2, 0) is 6.42 Å². The molecule has 2 aromatic heterocycles. The number of hydrogen-bond acceptors (Lipinski definition) is 4. The molecule has 0 bridgehead atoms. The van der Waals surface area contributed by atoms with Gasteiger partial charge in [-0.25, -0.2) is 0 Å². The van der Waals surface area contributed by atoms with Crippen LogP contribution in [0.15, 0.2) is 59.4 Å². The number of aryl methyl sites for hydroxylation is 2. The minimum absolute atomic E-state index is 0.692. The molecule has 0 N–H and O–H groups in total. The molecule has 4 aromatic rings. The second-order valence-corrected chi connectivity index (χ2v) is 7.33. The molecule has 5 heteroatoms. The van der Waals surface area contributed by atoms with Crippen molar-refractivity contribution in [2.75, 3.05) is 0 Å². The number of aromatic nitrogens is 3. The standard InChI is InChI=1S/C23H20ClN3O/c1-14-12-19(23-16(3)25-10-11-26-23)5-4-18(14)13-21-15(2)22(27-28-21)17-6-8-20(24)9-7-17/h4-12H,13H2,1-3H3. The van der Waals surface area contributed by atoms with E-state index in [2.05, 4.69) is 40.2 Å². The second kappa shape index (κ2) is 7.56. The van der Waals surface area contributed by atoms with Crippen LogP contribution in [0.2, 0.25) is 5.02 Å². The third kappa shape index (κ3) is 3.56. The Labute approximate surface area is 169 Å². The van der Waals surface area contributed by atoms with E-state index in [-0.39, 0.29) is 0 Å². The molecule has 0 aliphatic rings. The lowest BCUT2D eigenvalue weighted by molar-refractivity contribution is 0.390. The van der Waals surface area contributed by atoms with Crippen molar-refractivity contribution < 1.29 is 4.52 Å². The van der Waals surface area contributed by atoms with Gasteiger partial charge in [-0.1, -0.05) is 41.0 Å². The quantitative estimate of drug-likeness (QED) is 0.431. The maximum Gasteiger partial charge on any atom is 0.144 e. The van der Waals surface area contributed by atoms with E-state index in [1.54, 1.807) is 12.4 Å². The van der Waals surface area contributed by atoms with Gasteiger partial charge in [-0.3, -0.25) is 9.97 Å². The summed E-state index contributed by atoms with van der Waals surface area (Å²) in [5.41, 5.74) is 8.21. The summed E-state index contributed by atoms with van der Waals surface area (Å²) in [5, 5.41) is 4.99. The highest BCUT2D eigenvalue weighted by molar-refractivity contribution is 6.30. The monoisotopic (exact) mass is 389 g/mol. The molecule has 0 atom stereocenters. The van der Waals surface area contributed by atoms with Crippen molar-refractivity contribution in [1.29, 1.82) is 0 Å². The molecule has 4 nitrogen and oxygen atoms in total. The van der Waals surface area contributed by atoms with Crippen LogP contribution in [0.25, 0.3) is 22.5 Å². The van der Waals surface area contributed by atoms with Crippen molar-refractivity contribution in [3.63, 3.8) is 0 Å². The fourth-order valence-corrected chi connectivity index (χ4v) is 3.44. The van der Waals surface area contributed by atoms with Crippen molar-refractivity contribution >= 4 is 11.6 Å². The molecular formula is C23H20ClN3O. The number of benzene rings is 2. The summed E-state index contributed by atoms with van der Waals surface area (Å²) in [7, 11) is 0. The Balaban J connectivity index is 1.62. The van der Waals surface area contributed by atoms with Gasteiger partial charge in [0, 0.05) is 40.5 Å². The smallest absolute Gasteiger partial charge is 0.144 e. The van der Waals surface area contributed by atoms with E-state index in [1.807, 2.05) is 38.1 Å². The molecule has 0 spiro atoms. The molecule has 0 amide bonds. The van der Waals surface area contributed by atoms with Gasteiger partial charge < -0.3 is 4.52 Å². The highest BCUT2D eigenvalue weighted by atomic mass is 35.5. The van der Waals surface area contributed by atoms with Gasteiger partial charge in [0.2, 0.25) is 0 Å². The van der Waals surface area contributed by atoms with Gasteiger partial charge in [0.25, 0.3) is 0 Å². The third-order valence-electron chi connectivity index (χ3n) is 4.99. The predicted octanol–water partition coefficient (Wildman–Crippen LogP) is 5.97. The molecule has 4 rings (SSSR count). The molecule has 140 valence electrons. The topological polar surface area (TPSA) is 51.8 Å². The number of hydrogen-bond donors (Lipinski definition) is 0. The zero-order valence-electron chi connectivity index (χ0n) is 16.0. The summed E-state index contributed by atoms with van der Waals surface area (Å²) in [6, 6.07) is 14.0. The Morgan fingerprint density at radius 1 is 0.857 bits per heavy atom. The van der Waals surface area contributed by atoms with Crippen molar-refractivity contribution in [3.8, 4) is 22.5 Å². The van der Waals surface area contributed by atoms with Crippen molar-refractivity contribution in [2.24, 2.45) is 0 Å². The summed E-state index contributed by atoms with van der Waals surface area (Å²) in [4.78, 5) is 8.79. The first-order valence-electron chi connectivity index (χ1n) is 9.11. The molecule has 2 aromatic carbocycles. The minimum atomic E-state index is 0.692. The van der Waals surface area contributed by atoms with Gasteiger partial charge in [0.1, 0.15) is 11.5 Å². The normalized spacial score (nSPS) is 11.0. The van der Waals surface area contributed by atoms with Crippen LogP contribution in [0.3, 0.4) is 0 Å². The van der Waals surface area contributed by atoms with Crippen LogP contribution in [0, 0.1) is 20.8 Å². The minimum Gasteiger partial charge on any atom is -0.360 e. The lowest BCUT2D eigenvalue weighted by atomic mass is 9.97. The average molecular weight is 390 g/mol. The van der Waals surface area contributed by atoms with E-state index in [1.165, 1.54) is 11.1 Å². The van der Waals surface area contributed by atoms with Crippen molar-refractivity contribution in [3.05, 3.63) is 88.0 Å². The van der Waals surface area contributed by atoms with Gasteiger partial charge in [-0.2, -0.15) is 0 Å². The maximum absolute atomic E-state index is 5.98. The van der Waals surface area contributed by atoms with Crippen LogP contribution in [0.1, 0.15) is 28.1 Å². The molecular weight excluding hydrogens is 370 g/mol. The highest BCUT2D eigenvalue weighted by Gasteiger charge is 2.15. The largest absolute Gasteiger partial charge is 0.360 e. The molecule has 0 saturated carbocycles. The van der Waals surface area contributed by atoms with E-state index in [0.29, 0.717) is 11.4 Å². The first-order chi connectivity index (χ1) is 13.5. The van der Waals surface area contributed by atoms with Crippen LogP contribution in [0.5, 0.6) is 0 Å². The fraction of sp³-hybridized carbons (Fsp3) is 0.174. The van der Waals surface area contributed by atoms with E-state index in [4.69, 9.17) is 16.1 Å². The number of nitrogens with zero attached hydrogens (tertiary/aromatic N) is 3. The molecule has 2 heterocycles. The van der Waals surface area contributed by atoms with Gasteiger partial charge in [-0.05, 0) is 50.1 Å². The first kappa shape index (κ1) is 18.4. The Bertz CT molecular complexity index is 1130. The van der Waals surface area contributed by atoms with Crippen molar-refractivity contribution in [2.45, 2.75) is 27.2 Å². The van der Waals surface area contributed by atoms with E-state index in [0.717, 1.165) is 39.5 Å². The zero-order chi connectivity index (χ0) is 19.7. The zero-order valence-corrected chi connectivity index (χ0v) is 16.8. The summed E-state index contributed by atoms with van der Waals surface area (Å²) in [6.45, 7) is 6.13. The summed E-state index contributed by atoms with van der Waals surface area (Å²) in [6.07, 6.45) is 4.13. The molecule has 0 aliphatic heterocycles. The average Bonchev–Trinajstić information content (AvgIpc) is 3.05. The van der Waals surface area contributed by atoms with Crippen LogP contribution >= 0.6 is 11.6 Å². The number of halogens is 1. The SMILES string of the molecule is Cc1cc(-c2nccnc2C)ccc1Cc1onc(-c2ccc(Cl)cc2)c1C. The lowest BCUT2D eigenvalue weighted by Crippen LogP contribution is -1.95. The van der Waals surface area contributed by atoms with Crippen molar-refractivity contribution in [1.82, 2.24) is 15.1 Å². The van der Waals surface area contributed by atoms with Gasteiger partial charge in [0.05, 0.1) is 11.4 Å². The molecule has 0 fully saturated rings. The molecule has 0 unspecified atom stereocenters. The van der Waals surface area contributed by atoms with Crippen LogP contribution < -0.4 is 0 Å². The Morgan fingerprint density at radius 3 is 2.29 bits per heavy atom. The predicted molar refractivity (Wildman–Crippen MR) is 111 cm³/mol. The lowest BCUT2D eigenvalue weighted by Gasteiger charge is -2.09. The van der Waals surface area contributed by atoms with Crippen LogP contribution in [-0.4, -0.2) is 15.1 Å².